The highest BCUT2D eigenvalue weighted by Gasteiger charge is 2.23. The maximum Gasteiger partial charge on any atom is 0.257 e. The van der Waals surface area contributed by atoms with Crippen LogP contribution in [0.4, 0.5) is 4.39 Å². The summed E-state index contributed by atoms with van der Waals surface area (Å²) in [4.78, 5) is 11.5. The molecule has 6 heteroatoms. The minimum Gasteiger partial charge on any atom is -0.484 e. The smallest absolute Gasteiger partial charge is 0.257 e. The van der Waals surface area contributed by atoms with Gasteiger partial charge in [0.25, 0.3) is 5.91 Å². The van der Waals surface area contributed by atoms with Crippen molar-refractivity contribution in [1.82, 2.24) is 10.6 Å². The summed E-state index contributed by atoms with van der Waals surface area (Å²) in [7, 11) is 0. The summed E-state index contributed by atoms with van der Waals surface area (Å²) in [5.41, 5.74) is 0. The average molecular weight is 287 g/mol. The molecule has 0 aliphatic carbocycles. The van der Waals surface area contributed by atoms with Gasteiger partial charge in [0.2, 0.25) is 0 Å². The Hall–Kier alpha value is -1.33. The van der Waals surface area contributed by atoms with Gasteiger partial charge in [0.05, 0.1) is 0 Å². The molecular weight excluding hydrogens is 271 g/mol. The fraction of sp³-hybridized carbons (Fsp3) is 0.462. The minimum atomic E-state index is -0.815. The fourth-order valence-electron chi connectivity index (χ4n) is 1.92. The second kappa shape index (κ2) is 6.73. The molecule has 0 saturated carbocycles. The third-order valence-electron chi connectivity index (χ3n) is 2.88. The normalized spacial score (nSPS) is 22.2. The first kappa shape index (κ1) is 14.1. The molecule has 0 radical (unpaired) electrons. The van der Waals surface area contributed by atoms with Gasteiger partial charge >= 0.3 is 0 Å². The molecule has 0 aromatic heterocycles. The van der Waals surface area contributed by atoms with Crippen molar-refractivity contribution < 1.29 is 13.9 Å². The molecule has 0 unspecified atom stereocenters. The van der Waals surface area contributed by atoms with Gasteiger partial charge in [0.1, 0.15) is 11.9 Å². The van der Waals surface area contributed by atoms with Gasteiger partial charge in [-0.05, 0) is 24.6 Å². The van der Waals surface area contributed by atoms with Crippen LogP contribution >= 0.6 is 11.6 Å². The number of hydrogen-bond donors (Lipinski definition) is 2. The molecule has 1 amide bonds. The number of hydrogen-bond acceptors (Lipinski definition) is 3. The Labute approximate surface area is 116 Å². The summed E-state index contributed by atoms with van der Waals surface area (Å²) in [6.07, 6.45) is -0.375. The van der Waals surface area contributed by atoms with Crippen molar-refractivity contribution in [1.29, 1.82) is 0 Å². The number of halogens is 2. The summed E-state index contributed by atoms with van der Waals surface area (Å²) in [6.45, 7) is 0.698. The zero-order valence-electron chi connectivity index (χ0n) is 10.4. The third kappa shape index (κ3) is 4.69. The lowest BCUT2D eigenvalue weighted by molar-refractivity contribution is -0.123. The van der Waals surface area contributed by atoms with Crippen molar-refractivity contribution in [2.24, 2.45) is 0 Å². The predicted octanol–water partition coefficient (Wildman–Crippen LogP) is 1.53. The van der Waals surface area contributed by atoms with Crippen LogP contribution in [0.5, 0.6) is 5.75 Å². The van der Waals surface area contributed by atoms with E-state index in [0.717, 1.165) is 0 Å². The van der Waals surface area contributed by atoms with E-state index >= 15 is 0 Å². The van der Waals surface area contributed by atoms with Crippen LogP contribution in [-0.4, -0.2) is 37.8 Å². The number of carbonyl (C=O) groups excluding carboxylic acids is 1. The molecule has 0 bridgehead atoms. The monoisotopic (exact) mass is 286 g/mol. The number of carbonyl (C=O) groups is 1. The Kier molecular flexibility index (Phi) is 4.99. The minimum absolute atomic E-state index is 0.00474. The average Bonchev–Trinajstić information content (AvgIpc) is 2.80. The molecule has 1 heterocycles. The first-order valence-corrected chi connectivity index (χ1v) is 6.54. The van der Waals surface area contributed by atoms with Crippen LogP contribution in [0.25, 0.3) is 0 Å². The Bertz CT molecular complexity index is 444. The van der Waals surface area contributed by atoms with Crippen LogP contribution < -0.4 is 15.4 Å². The molecule has 1 aliphatic rings. The van der Waals surface area contributed by atoms with Gasteiger partial charge in [-0.25, -0.2) is 4.39 Å². The molecule has 1 saturated heterocycles. The van der Waals surface area contributed by atoms with Gasteiger partial charge < -0.3 is 15.4 Å². The van der Waals surface area contributed by atoms with Crippen molar-refractivity contribution in [2.75, 3.05) is 19.7 Å². The molecule has 1 fully saturated rings. The van der Waals surface area contributed by atoms with E-state index in [-0.39, 0.29) is 18.6 Å². The number of benzene rings is 1. The first-order valence-electron chi connectivity index (χ1n) is 6.16. The highest BCUT2D eigenvalue weighted by Crippen LogP contribution is 2.16. The lowest BCUT2D eigenvalue weighted by atomic mass is 10.2. The van der Waals surface area contributed by atoms with Crippen molar-refractivity contribution in [3.05, 3.63) is 29.3 Å². The van der Waals surface area contributed by atoms with E-state index in [0.29, 0.717) is 30.3 Å². The molecule has 2 N–H and O–H groups in total. The van der Waals surface area contributed by atoms with Crippen LogP contribution in [0.3, 0.4) is 0 Å². The number of rotatable bonds is 5. The van der Waals surface area contributed by atoms with Crippen LogP contribution in [0.1, 0.15) is 6.42 Å². The summed E-state index contributed by atoms with van der Waals surface area (Å²) >= 11 is 5.80. The highest BCUT2D eigenvalue weighted by atomic mass is 35.5. The van der Waals surface area contributed by atoms with Crippen molar-refractivity contribution in [2.45, 2.75) is 18.6 Å². The molecule has 19 heavy (non-hydrogen) atoms. The van der Waals surface area contributed by atoms with E-state index in [9.17, 15) is 9.18 Å². The number of nitrogens with one attached hydrogen (secondary N) is 2. The molecule has 4 nitrogen and oxygen atoms in total. The largest absolute Gasteiger partial charge is 0.484 e. The number of ether oxygens (including phenoxy) is 1. The molecular formula is C13H16ClFN2O2. The van der Waals surface area contributed by atoms with E-state index in [2.05, 4.69) is 10.6 Å². The van der Waals surface area contributed by atoms with Gasteiger partial charge in [0.15, 0.2) is 6.61 Å². The Morgan fingerprint density at radius 1 is 1.58 bits per heavy atom. The quantitative estimate of drug-likeness (QED) is 0.863. The Morgan fingerprint density at radius 3 is 3.11 bits per heavy atom. The topological polar surface area (TPSA) is 50.4 Å². The lowest BCUT2D eigenvalue weighted by Gasteiger charge is -2.11. The summed E-state index contributed by atoms with van der Waals surface area (Å²) < 4.78 is 18.2. The molecule has 1 aromatic carbocycles. The molecule has 0 spiro atoms. The zero-order chi connectivity index (χ0) is 13.7. The van der Waals surface area contributed by atoms with Gasteiger partial charge in [-0.1, -0.05) is 17.7 Å². The van der Waals surface area contributed by atoms with E-state index in [1.807, 2.05) is 0 Å². The number of alkyl halides is 1. The summed E-state index contributed by atoms with van der Waals surface area (Å²) in [6, 6.07) is 6.85. The molecule has 104 valence electrons. The summed E-state index contributed by atoms with van der Waals surface area (Å²) in [5, 5.41) is 6.26. The second-order valence-corrected chi connectivity index (χ2v) is 4.92. The van der Waals surface area contributed by atoms with Gasteiger partial charge in [-0.15, -0.1) is 0 Å². The highest BCUT2D eigenvalue weighted by molar-refractivity contribution is 6.30. The first-order chi connectivity index (χ1) is 9.13. The van der Waals surface area contributed by atoms with Gasteiger partial charge in [-0.2, -0.15) is 0 Å². The lowest BCUT2D eigenvalue weighted by Crippen LogP contribution is -2.39. The van der Waals surface area contributed by atoms with Crippen molar-refractivity contribution >= 4 is 17.5 Å². The molecule has 1 aliphatic heterocycles. The van der Waals surface area contributed by atoms with Crippen LogP contribution in [-0.2, 0) is 4.79 Å². The zero-order valence-corrected chi connectivity index (χ0v) is 11.1. The fourth-order valence-corrected chi connectivity index (χ4v) is 2.10. The van der Waals surface area contributed by atoms with E-state index in [4.69, 9.17) is 16.3 Å². The maximum absolute atomic E-state index is 12.9. The Balaban J connectivity index is 1.67. The van der Waals surface area contributed by atoms with Gasteiger partial charge in [-0.3, -0.25) is 4.79 Å². The second-order valence-electron chi connectivity index (χ2n) is 4.49. The molecule has 2 atom stereocenters. The van der Waals surface area contributed by atoms with E-state index in [1.165, 1.54) is 0 Å². The predicted molar refractivity (Wildman–Crippen MR) is 71.3 cm³/mol. The van der Waals surface area contributed by atoms with Crippen LogP contribution in [0.2, 0.25) is 5.02 Å². The van der Waals surface area contributed by atoms with Crippen molar-refractivity contribution in [3.63, 3.8) is 0 Å². The summed E-state index contributed by atoms with van der Waals surface area (Å²) in [5.74, 6) is 0.314. The molecule has 2 rings (SSSR count). The maximum atomic E-state index is 12.9. The van der Waals surface area contributed by atoms with Gasteiger partial charge in [0, 0.05) is 24.2 Å². The van der Waals surface area contributed by atoms with Crippen LogP contribution in [0.15, 0.2) is 24.3 Å². The standard InChI is InChI=1S/C13H16ClFN2O2/c14-9-2-1-3-12(4-9)19-8-13(18)17-7-11-5-10(15)6-16-11/h1-4,10-11,16H,5-8H2,(H,17,18)/t10-,11-/m0/s1. The van der Waals surface area contributed by atoms with Crippen LogP contribution in [0, 0.1) is 0 Å². The van der Waals surface area contributed by atoms with E-state index in [1.54, 1.807) is 24.3 Å². The van der Waals surface area contributed by atoms with Crippen molar-refractivity contribution in [3.8, 4) is 5.75 Å². The number of amides is 1. The Morgan fingerprint density at radius 2 is 2.42 bits per heavy atom. The van der Waals surface area contributed by atoms with E-state index < -0.39 is 6.17 Å². The SMILES string of the molecule is O=C(COc1cccc(Cl)c1)NC[C@@H]1C[C@H](F)CN1. The molecule has 1 aromatic rings. The third-order valence-corrected chi connectivity index (χ3v) is 3.12.